The van der Waals surface area contributed by atoms with Crippen LogP contribution in [0.2, 0.25) is 0 Å². The minimum atomic E-state index is -0.375. The van der Waals surface area contributed by atoms with Crippen LogP contribution in [0, 0.1) is 0 Å². The van der Waals surface area contributed by atoms with Gasteiger partial charge in [-0.3, -0.25) is 0 Å². The molecule has 18 heavy (non-hydrogen) atoms. The summed E-state index contributed by atoms with van der Waals surface area (Å²) in [5.41, 5.74) is 1.15. The lowest BCUT2D eigenvalue weighted by Crippen LogP contribution is -2.05. The summed E-state index contributed by atoms with van der Waals surface area (Å²) in [6, 6.07) is 3.81. The highest BCUT2D eigenvalue weighted by atomic mass is 79.9. The highest BCUT2D eigenvalue weighted by molar-refractivity contribution is 9.10. The molecule has 2 heterocycles. The number of halogens is 1. The number of carbonyl (C=O) groups excluding carboxylic acids is 1. The smallest absolute Gasteiger partial charge is 0.359 e. The maximum Gasteiger partial charge on any atom is 0.359 e. The van der Waals surface area contributed by atoms with Crippen LogP contribution in [0.5, 0.6) is 0 Å². The number of rotatable bonds is 3. The number of hydrogen-bond acceptors (Lipinski definition) is 3. The predicted molar refractivity (Wildman–Crippen MR) is 72.9 cm³/mol. The van der Waals surface area contributed by atoms with Gasteiger partial charge in [-0.25, -0.2) is 9.78 Å². The summed E-state index contributed by atoms with van der Waals surface area (Å²) in [5.74, 6) is 0.724. The molecule has 0 spiro atoms. The minimum absolute atomic E-state index is 0.238. The number of imidazole rings is 1. The number of nitrogens with zero attached hydrogens (tertiary/aromatic N) is 2. The molecule has 0 bridgehead atoms. The van der Waals surface area contributed by atoms with E-state index in [9.17, 15) is 4.79 Å². The lowest BCUT2D eigenvalue weighted by molar-refractivity contribution is 0.0522. The second-order valence-electron chi connectivity index (χ2n) is 4.29. The van der Waals surface area contributed by atoms with Crippen LogP contribution in [-0.4, -0.2) is 22.0 Å². The Hall–Kier alpha value is -1.36. The molecule has 2 aromatic heterocycles. The van der Waals surface area contributed by atoms with E-state index in [0.29, 0.717) is 12.3 Å². The number of hydrogen-bond donors (Lipinski definition) is 0. The summed E-state index contributed by atoms with van der Waals surface area (Å²) < 4.78 is 7.88. The van der Waals surface area contributed by atoms with Gasteiger partial charge >= 0.3 is 5.97 Å². The first-order valence-electron chi connectivity index (χ1n) is 5.89. The topological polar surface area (TPSA) is 43.6 Å². The van der Waals surface area contributed by atoms with Gasteiger partial charge in [-0.05, 0) is 19.1 Å². The normalized spacial score (nSPS) is 11.2. The number of pyridine rings is 1. The van der Waals surface area contributed by atoms with Crippen LogP contribution in [0.25, 0.3) is 5.52 Å². The Morgan fingerprint density at radius 1 is 1.56 bits per heavy atom. The molecule has 0 N–H and O–H groups in total. The summed E-state index contributed by atoms with van der Waals surface area (Å²) in [6.45, 7) is 6.23. The summed E-state index contributed by atoms with van der Waals surface area (Å²) in [7, 11) is 0. The maximum atomic E-state index is 11.9. The van der Waals surface area contributed by atoms with Crippen LogP contribution in [0.15, 0.2) is 22.8 Å². The molecule has 0 aromatic carbocycles. The number of esters is 1. The van der Waals surface area contributed by atoms with Gasteiger partial charge in [-0.2, -0.15) is 0 Å². The van der Waals surface area contributed by atoms with Gasteiger partial charge in [0, 0.05) is 16.6 Å². The molecular formula is C13H15BrN2O2. The first kappa shape index (κ1) is 13.1. The van der Waals surface area contributed by atoms with Gasteiger partial charge in [0.1, 0.15) is 5.82 Å². The monoisotopic (exact) mass is 310 g/mol. The molecular weight excluding hydrogens is 296 g/mol. The van der Waals surface area contributed by atoms with E-state index in [1.54, 1.807) is 6.92 Å². The first-order chi connectivity index (χ1) is 8.54. The van der Waals surface area contributed by atoms with E-state index in [1.165, 1.54) is 0 Å². The average Bonchev–Trinajstić information content (AvgIpc) is 2.68. The SMILES string of the molecule is CCOC(=O)c1nc(C(C)C)n2ccc(Br)cc12. The van der Waals surface area contributed by atoms with E-state index in [0.717, 1.165) is 15.8 Å². The molecule has 2 rings (SSSR count). The molecule has 2 aromatic rings. The number of carbonyl (C=O) groups is 1. The number of ether oxygens (including phenoxy) is 1. The molecule has 0 fully saturated rings. The first-order valence-corrected chi connectivity index (χ1v) is 6.68. The standard InChI is InChI=1S/C13H15BrN2O2/c1-4-18-13(17)11-10-7-9(14)5-6-16(10)12(15-11)8(2)3/h5-8H,4H2,1-3H3. The fourth-order valence-corrected chi connectivity index (χ4v) is 2.17. The molecule has 0 unspecified atom stereocenters. The van der Waals surface area contributed by atoms with Crippen molar-refractivity contribution in [2.24, 2.45) is 0 Å². The Morgan fingerprint density at radius 3 is 2.89 bits per heavy atom. The quantitative estimate of drug-likeness (QED) is 0.816. The van der Waals surface area contributed by atoms with Gasteiger partial charge in [-0.15, -0.1) is 0 Å². The molecule has 5 heteroatoms. The molecule has 0 saturated heterocycles. The third-order valence-corrected chi connectivity index (χ3v) is 3.11. The Kier molecular flexibility index (Phi) is 3.71. The van der Waals surface area contributed by atoms with Gasteiger partial charge in [0.25, 0.3) is 0 Å². The van der Waals surface area contributed by atoms with Crippen molar-refractivity contribution in [2.45, 2.75) is 26.7 Å². The van der Waals surface area contributed by atoms with Crippen LogP contribution in [0.3, 0.4) is 0 Å². The van der Waals surface area contributed by atoms with Gasteiger partial charge in [0.15, 0.2) is 5.69 Å². The summed E-state index contributed by atoms with van der Waals surface area (Å²) in [4.78, 5) is 16.3. The highest BCUT2D eigenvalue weighted by Crippen LogP contribution is 2.23. The summed E-state index contributed by atoms with van der Waals surface area (Å²) in [6.07, 6.45) is 1.91. The molecule has 96 valence electrons. The van der Waals surface area contributed by atoms with Crippen LogP contribution in [0.4, 0.5) is 0 Å². The van der Waals surface area contributed by atoms with Crippen LogP contribution in [-0.2, 0) is 4.74 Å². The summed E-state index contributed by atoms with van der Waals surface area (Å²) >= 11 is 3.41. The van der Waals surface area contributed by atoms with E-state index < -0.39 is 0 Å². The van der Waals surface area contributed by atoms with E-state index in [1.807, 2.05) is 36.6 Å². The molecule has 0 atom stereocenters. The van der Waals surface area contributed by atoms with E-state index in [2.05, 4.69) is 20.9 Å². The van der Waals surface area contributed by atoms with Crippen molar-refractivity contribution in [1.82, 2.24) is 9.38 Å². The van der Waals surface area contributed by atoms with Gasteiger partial charge < -0.3 is 9.14 Å². The molecule has 0 radical (unpaired) electrons. The second kappa shape index (κ2) is 5.10. The Balaban J connectivity index is 2.65. The predicted octanol–water partition coefficient (Wildman–Crippen LogP) is 3.40. The van der Waals surface area contributed by atoms with E-state index in [-0.39, 0.29) is 11.9 Å². The molecule has 0 aliphatic carbocycles. The summed E-state index contributed by atoms with van der Waals surface area (Å²) in [5, 5.41) is 0. The number of fused-ring (bicyclic) bond motifs is 1. The van der Waals surface area contributed by atoms with Gasteiger partial charge in [0.05, 0.1) is 12.1 Å². The van der Waals surface area contributed by atoms with Crippen molar-refractivity contribution in [3.8, 4) is 0 Å². The van der Waals surface area contributed by atoms with Crippen LogP contribution in [0.1, 0.15) is 43.0 Å². The molecule has 0 amide bonds. The molecule has 0 aliphatic heterocycles. The van der Waals surface area contributed by atoms with E-state index in [4.69, 9.17) is 4.74 Å². The van der Waals surface area contributed by atoms with Crippen LogP contribution < -0.4 is 0 Å². The average molecular weight is 311 g/mol. The third kappa shape index (κ3) is 2.27. The van der Waals surface area contributed by atoms with Crippen LogP contribution >= 0.6 is 15.9 Å². The Morgan fingerprint density at radius 2 is 2.28 bits per heavy atom. The zero-order chi connectivity index (χ0) is 13.3. The van der Waals surface area contributed by atoms with Crippen molar-refractivity contribution in [1.29, 1.82) is 0 Å². The fourth-order valence-electron chi connectivity index (χ4n) is 1.84. The van der Waals surface area contributed by atoms with Crippen molar-refractivity contribution < 1.29 is 9.53 Å². The van der Waals surface area contributed by atoms with Gasteiger partial charge in [0.2, 0.25) is 0 Å². The van der Waals surface area contributed by atoms with Crippen molar-refractivity contribution >= 4 is 27.4 Å². The third-order valence-electron chi connectivity index (χ3n) is 2.62. The second-order valence-corrected chi connectivity index (χ2v) is 5.21. The lowest BCUT2D eigenvalue weighted by atomic mass is 10.2. The molecule has 4 nitrogen and oxygen atoms in total. The highest BCUT2D eigenvalue weighted by Gasteiger charge is 2.20. The lowest BCUT2D eigenvalue weighted by Gasteiger charge is -2.03. The van der Waals surface area contributed by atoms with Crippen molar-refractivity contribution in [2.75, 3.05) is 6.61 Å². The van der Waals surface area contributed by atoms with Crippen molar-refractivity contribution in [3.05, 3.63) is 34.3 Å². The number of aromatic nitrogens is 2. The Labute approximate surface area is 114 Å². The largest absolute Gasteiger partial charge is 0.461 e. The maximum absolute atomic E-state index is 11.9. The van der Waals surface area contributed by atoms with Gasteiger partial charge in [-0.1, -0.05) is 29.8 Å². The molecule has 0 saturated carbocycles. The fraction of sp³-hybridized carbons (Fsp3) is 0.385. The minimum Gasteiger partial charge on any atom is -0.461 e. The Bertz CT molecular complexity index is 590. The zero-order valence-corrected chi connectivity index (χ0v) is 12.2. The van der Waals surface area contributed by atoms with E-state index >= 15 is 0 Å². The van der Waals surface area contributed by atoms with Crippen molar-refractivity contribution in [3.63, 3.8) is 0 Å². The zero-order valence-electron chi connectivity index (χ0n) is 10.6. The molecule has 0 aliphatic rings.